The molecule has 3 aliphatic rings. The van der Waals surface area contributed by atoms with E-state index in [1.807, 2.05) is 53.8 Å². The number of hydrogen-bond acceptors (Lipinski definition) is 7. The van der Waals surface area contributed by atoms with Crippen molar-refractivity contribution in [2.24, 2.45) is 13.0 Å². The van der Waals surface area contributed by atoms with Gasteiger partial charge in [0.15, 0.2) is 5.82 Å². The third kappa shape index (κ3) is 5.55. The lowest BCUT2D eigenvalue weighted by atomic mass is 9.96. The maximum absolute atomic E-state index is 13.4. The van der Waals surface area contributed by atoms with E-state index in [1.165, 1.54) is 0 Å². The summed E-state index contributed by atoms with van der Waals surface area (Å²) in [4.78, 5) is 42.0. The van der Waals surface area contributed by atoms with Gasteiger partial charge in [-0.25, -0.2) is 9.97 Å². The molecule has 5 heterocycles. The topological polar surface area (TPSA) is 99.7 Å². The molecule has 0 radical (unpaired) electrons. The van der Waals surface area contributed by atoms with Crippen LogP contribution in [0.15, 0.2) is 40.8 Å². The molecule has 1 saturated heterocycles. The number of oxazole rings is 1. The van der Waals surface area contributed by atoms with Crippen LogP contribution in [0.25, 0.3) is 22.6 Å². The maximum Gasteiger partial charge on any atom is 0.291 e. The zero-order valence-electron chi connectivity index (χ0n) is 26.2. The van der Waals surface area contributed by atoms with Gasteiger partial charge in [0.05, 0.1) is 36.0 Å². The van der Waals surface area contributed by atoms with E-state index in [0.717, 1.165) is 84.1 Å². The molecule has 234 valence electrons. The van der Waals surface area contributed by atoms with Crippen LogP contribution in [0.3, 0.4) is 0 Å². The van der Waals surface area contributed by atoms with Crippen molar-refractivity contribution in [1.82, 2.24) is 29.2 Å². The Morgan fingerprint density at radius 2 is 1.78 bits per heavy atom. The lowest BCUT2D eigenvalue weighted by molar-refractivity contribution is -0.133. The second kappa shape index (κ2) is 11.7. The largest absolute Gasteiger partial charge is 0.439 e. The summed E-state index contributed by atoms with van der Waals surface area (Å²) in [6.07, 6.45) is 2.00. The standard InChI is InChI=1S/C34H38ClN7O3/c1-20-11-14-41(15-20)19-30(43)42-17-27-29(18-42)45-34(38-27)23-8-5-7-22(21(23)2)24-9-6-10-25(31(24)35)37-33(44)32-36-26-16-39(3)13-12-28(26)40(32)4/h5-10,20H,11-19H2,1-4H3,(H,37,44)/t20-/m0/s1. The van der Waals surface area contributed by atoms with Crippen LogP contribution in [-0.4, -0.2) is 74.3 Å². The SMILES string of the molecule is Cc1c(-c2nc3c(o2)CN(C(=O)CN2CC[C@H](C)C2)C3)cccc1-c1cccc(NC(=O)c2nc3c(n2C)CCN(C)C3)c1Cl. The molecule has 45 heavy (non-hydrogen) atoms. The number of imidazole rings is 1. The molecule has 0 spiro atoms. The molecular formula is C34H38ClN7O3. The molecule has 0 saturated carbocycles. The van der Waals surface area contributed by atoms with Crippen LogP contribution < -0.4 is 5.32 Å². The van der Waals surface area contributed by atoms with E-state index in [0.29, 0.717) is 48.0 Å². The van der Waals surface area contributed by atoms with E-state index in [1.54, 1.807) is 6.07 Å². The maximum atomic E-state index is 13.4. The number of rotatable bonds is 6. The summed E-state index contributed by atoms with van der Waals surface area (Å²) in [6.45, 7) is 9.21. The van der Waals surface area contributed by atoms with Crippen LogP contribution in [0.2, 0.25) is 5.02 Å². The summed E-state index contributed by atoms with van der Waals surface area (Å²) >= 11 is 6.95. The van der Waals surface area contributed by atoms with Gasteiger partial charge in [-0.15, -0.1) is 0 Å². The number of amides is 2. The highest BCUT2D eigenvalue weighted by Gasteiger charge is 2.32. The van der Waals surface area contributed by atoms with Gasteiger partial charge in [-0.1, -0.05) is 42.8 Å². The van der Waals surface area contributed by atoms with Gasteiger partial charge in [0, 0.05) is 49.9 Å². The van der Waals surface area contributed by atoms with Gasteiger partial charge in [0.2, 0.25) is 11.8 Å². The number of halogens is 1. The third-order valence-electron chi connectivity index (χ3n) is 9.42. The van der Waals surface area contributed by atoms with E-state index in [-0.39, 0.29) is 11.8 Å². The Balaban J connectivity index is 1.09. The Bertz CT molecular complexity index is 1790. The summed E-state index contributed by atoms with van der Waals surface area (Å²) in [5.41, 5.74) is 6.89. The number of carbonyl (C=O) groups excluding carboxylic acids is 2. The highest BCUT2D eigenvalue weighted by atomic mass is 35.5. The molecule has 0 bridgehead atoms. The molecule has 2 aromatic carbocycles. The predicted molar refractivity (Wildman–Crippen MR) is 173 cm³/mol. The van der Waals surface area contributed by atoms with Gasteiger partial charge in [-0.3, -0.25) is 14.5 Å². The van der Waals surface area contributed by atoms with Crippen molar-refractivity contribution >= 4 is 29.1 Å². The number of nitrogens with zero attached hydrogens (tertiary/aromatic N) is 6. The molecule has 0 aliphatic carbocycles. The fourth-order valence-corrected chi connectivity index (χ4v) is 7.10. The number of anilines is 1. The van der Waals surface area contributed by atoms with Crippen LogP contribution in [0.1, 0.15) is 52.4 Å². The van der Waals surface area contributed by atoms with Gasteiger partial charge >= 0.3 is 0 Å². The van der Waals surface area contributed by atoms with Gasteiger partial charge in [-0.05, 0) is 56.1 Å². The van der Waals surface area contributed by atoms with Gasteiger partial charge < -0.3 is 24.1 Å². The van der Waals surface area contributed by atoms with Crippen LogP contribution in [0.5, 0.6) is 0 Å². The second-order valence-corrected chi connectivity index (χ2v) is 13.1. The minimum atomic E-state index is -0.295. The van der Waals surface area contributed by atoms with Crippen LogP contribution in [0, 0.1) is 12.8 Å². The number of carbonyl (C=O) groups is 2. The van der Waals surface area contributed by atoms with Crippen molar-refractivity contribution in [1.29, 1.82) is 0 Å². The molecule has 10 nitrogen and oxygen atoms in total. The Labute approximate surface area is 268 Å². The van der Waals surface area contributed by atoms with E-state index in [9.17, 15) is 9.59 Å². The average molecular weight is 628 g/mol. The third-order valence-corrected chi connectivity index (χ3v) is 9.83. The van der Waals surface area contributed by atoms with Crippen molar-refractivity contribution in [3.05, 3.63) is 75.7 Å². The van der Waals surface area contributed by atoms with Gasteiger partial charge in [0.25, 0.3) is 5.91 Å². The first-order valence-electron chi connectivity index (χ1n) is 15.6. The van der Waals surface area contributed by atoms with Crippen LogP contribution in [0.4, 0.5) is 5.69 Å². The van der Waals surface area contributed by atoms with Crippen LogP contribution >= 0.6 is 11.6 Å². The van der Waals surface area contributed by atoms with E-state index < -0.39 is 0 Å². The number of likely N-dealkylation sites (N-methyl/N-ethyl adjacent to an activating group) is 1. The minimum absolute atomic E-state index is 0.119. The highest BCUT2D eigenvalue weighted by Crippen LogP contribution is 2.39. The molecule has 1 fully saturated rings. The van der Waals surface area contributed by atoms with Crippen LogP contribution in [-0.2, 0) is 37.9 Å². The smallest absolute Gasteiger partial charge is 0.291 e. The zero-order valence-corrected chi connectivity index (χ0v) is 26.9. The number of fused-ring (bicyclic) bond motifs is 2. The fourth-order valence-electron chi connectivity index (χ4n) is 6.83. The molecule has 2 aromatic heterocycles. The van der Waals surface area contributed by atoms with E-state index >= 15 is 0 Å². The molecule has 0 unspecified atom stereocenters. The average Bonchev–Trinajstić information content (AvgIpc) is 3.78. The number of hydrogen-bond donors (Lipinski definition) is 1. The molecule has 1 atom stereocenters. The molecule has 1 N–H and O–H groups in total. The Hall–Kier alpha value is -3.99. The molecule has 11 heteroatoms. The zero-order chi connectivity index (χ0) is 31.4. The van der Waals surface area contributed by atoms with Crippen molar-refractivity contribution in [2.75, 3.05) is 38.5 Å². The van der Waals surface area contributed by atoms with Crippen molar-refractivity contribution < 1.29 is 14.0 Å². The molecule has 2 amide bonds. The monoisotopic (exact) mass is 627 g/mol. The molecule has 7 rings (SSSR count). The fraction of sp³-hybridized carbons (Fsp3) is 0.412. The first-order valence-corrected chi connectivity index (χ1v) is 16.0. The van der Waals surface area contributed by atoms with Crippen molar-refractivity contribution in [3.63, 3.8) is 0 Å². The normalized spacial score (nSPS) is 18.3. The summed E-state index contributed by atoms with van der Waals surface area (Å²) in [5.74, 6) is 2.11. The lowest BCUT2D eigenvalue weighted by Gasteiger charge is -2.21. The summed E-state index contributed by atoms with van der Waals surface area (Å²) in [5, 5.41) is 3.44. The molecule has 3 aliphatic heterocycles. The van der Waals surface area contributed by atoms with Crippen molar-refractivity contribution in [3.8, 4) is 22.6 Å². The quantitative estimate of drug-likeness (QED) is 0.316. The number of benzene rings is 2. The predicted octanol–water partition coefficient (Wildman–Crippen LogP) is 5.13. The number of aromatic nitrogens is 3. The van der Waals surface area contributed by atoms with Gasteiger partial charge in [0.1, 0.15) is 11.5 Å². The lowest BCUT2D eigenvalue weighted by Crippen LogP contribution is -2.36. The summed E-state index contributed by atoms with van der Waals surface area (Å²) < 4.78 is 8.13. The number of nitrogens with one attached hydrogen (secondary N) is 1. The Morgan fingerprint density at radius 1 is 1.00 bits per heavy atom. The first kappa shape index (κ1) is 29.7. The highest BCUT2D eigenvalue weighted by molar-refractivity contribution is 6.36. The minimum Gasteiger partial charge on any atom is -0.439 e. The Morgan fingerprint density at radius 3 is 2.56 bits per heavy atom. The summed E-state index contributed by atoms with van der Waals surface area (Å²) in [7, 11) is 3.95. The summed E-state index contributed by atoms with van der Waals surface area (Å²) in [6, 6.07) is 11.6. The number of likely N-dealkylation sites (tertiary alicyclic amines) is 1. The van der Waals surface area contributed by atoms with Crippen molar-refractivity contribution in [2.45, 2.75) is 46.3 Å². The molecular weight excluding hydrogens is 590 g/mol. The first-order chi connectivity index (χ1) is 21.7. The Kier molecular flexibility index (Phi) is 7.75. The van der Waals surface area contributed by atoms with E-state index in [4.69, 9.17) is 21.0 Å². The second-order valence-electron chi connectivity index (χ2n) is 12.7. The molecule has 4 aromatic rings. The van der Waals surface area contributed by atoms with Gasteiger partial charge in [-0.2, -0.15) is 0 Å². The van der Waals surface area contributed by atoms with E-state index in [2.05, 4.69) is 34.1 Å².